The molecule has 0 unspecified atom stereocenters. The van der Waals surface area contributed by atoms with Crippen molar-refractivity contribution in [3.8, 4) is 22.5 Å². The van der Waals surface area contributed by atoms with Crippen LogP contribution in [0.25, 0.3) is 33.4 Å². The van der Waals surface area contributed by atoms with Gasteiger partial charge in [-0.15, -0.1) is 0 Å². The number of nitrogens with zero attached hydrogens (tertiary/aromatic N) is 4. The summed E-state index contributed by atoms with van der Waals surface area (Å²) in [5, 5.41) is 34.8. The highest BCUT2D eigenvalue weighted by Crippen LogP contribution is 2.31. The predicted octanol–water partition coefficient (Wildman–Crippen LogP) is 0.717. The van der Waals surface area contributed by atoms with Crippen LogP contribution in [-0.4, -0.2) is 48.9 Å². The van der Waals surface area contributed by atoms with Crippen molar-refractivity contribution in [2.45, 2.75) is 0 Å². The molecule has 4 aromatic rings. The van der Waals surface area contributed by atoms with Crippen LogP contribution < -0.4 is 11.2 Å². The van der Waals surface area contributed by atoms with Gasteiger partial charge in [0.05, 0.1) is 17.4 Å². The van der Waals surface area contributed by atoms with Gasteiger partial charge in [0, 0.05) is 23.3 Å². The number of fused-ring (bicyclic) bond motifs is 1. The second-order valence-electron chi connectivity index (χ2n) is 5.89. The number of carboxylic acid groups (broad SMARTS) is 1. The van der Waals surface area contributed by atoms with E-state index < -0.39 is 7.12 Å². The molecule has 0 saturated carbocycles. The number of carbonyl (C=O) groups is 1. The third-order valence-electron chi connectivity index (χ3n) is 4.13. The maximum atomic E-state index is 9.55. The monoisotopic (exact) mass is 389 g/mol. The van der Waals surface area contributed by atoms with E-state index in [9.17, 15) is 10.0 Å². The van der Waals surface area contributed by atoms with Crippen LogP contribution in [0, 0.1) is 0 Å². The van der Waals surface area contributed by atoms with E-state index in [0.29, 0.717) is 22.5 Å². The van der Waals surface area contributed by atoms with Crippen LogP contribution in [0.4, 0.5) is 5.69 Å². The van der Waals surface area contributed by atoms with Crippen molar-refractivity contribution in [2.24, 2.45) is 0 Å². The van der Waals surface area contributed by atoms with E-state index in [2.05, 4.69) is 20.2 Å². The molecule has 144 valence electrons. The summed E-state index contributed by atoms with van der Waals surface area (Å²) in [5.74, 6) is 0.542. The molecule has 0 spiro atoms. The zero-order valence-corrected chi connectivity index (χ0v) is 15.0. The quantitative estimate of drug-likeness (QED) is 0.293. The number of nitrogens with two attached hydrogens (primary N) is 1. The fraction of sp³-hybridized carbons (Fsp3) is 0. The van der Waals surface area contributed by atoms with Gasteiger partial charge in [-0.1, -0.05) is 24.3 Å². The standard InChI is InChI=1S/C18H14BN5O2.CH2O2/c20-16-10-23-24-17-8-11(2-4-14(16)17)15-9-12(19(25)26)3-5-13(15)18-21-6-1-7-22-18;2-1-3/h1-10,25-26H,(H2,20,24);1H,(H,2,3). The Morgan fingerprint density at radius 3 is 2.41 bits per heavy atom. The first-order valence-corrected chi connectivity index (χ1v) is 8.41. The average molecular weight is 389 g/mol. The Bertz CT molecular complexity index is 1140. The van der Waals surface area contributed by atoms with Gasteiger partial charge >= 0.3 is 7.12 Å². The Morgan fingerprint density at radius 1 is 1.00 bits per heavy atom. The van der Waals surface area contributed by atoms with Crippen LogP contribution in [0.5, 0.6) is 0 Å². The number of rotatable bonds is 3. The largest absolute Gasteiger partial charge is 0.488 e. The van der Waals surface area contributed by atoms with E-state index >= 15 is 0 Å². The molecule has 0 saturated heterocycles. The SMILES string of the molecule is Nc1cnnc2cc(-c3cc(B(O)O)ccc3-c3ncccn3)ccc12.O=CO. The van der Waals surface area contributed by atoms with Crippen molar-refractivity contribution in [1.29, 1.82) is 0 Å². The molecule has 2 heterocycles. The highest BCUT2D eigenvalue weighted by molar-refractivity contribution is 6.58. The highest BCUT2D eigenvalue weighted by atomic mass is 16.4. The van der Waals surface area contributed by atoms with Crippen molar-refractivity contribution < 1.29 is 19.9 Å². The van der Waals surface area contributed by atoms with Gasteiger partial charge in [0.15, 0.2) is 5.82 Å². The summed E-state index contributed by atoms with van der Waals surface area (Å²) in [4.78, 5) is 17.0. The minimum atomic E-state index is -1.57. The Morgan fingerprint density at radius 2 is 1.72 bits per heavy atom. The maximum Gasteiger partial charge on any atom is 0.488 e. The van der Waals surface area contributed by atoms with Crippen LogP contribution in [-0.2, 0) is 4.79 Å². The Kier molecular flexibility index (Phi) is 6.08. The summed E-state index contributed by atoms with van der Waals surface area (Å²) in [7, 11) is -1.57. The summed E-state index contributed by atoms with van der Waals surface area (Å²) in [6.45, 7) is -0.250. The molecular formula is C19H16BN5O4. The van der Waals surface area contributed by atoms with Crippen molar-refractivity contribution in [3.63, 3.8) is 0 Å². The topological polar surface area (TPSA) is 155 Å². The predicted molar refractivity (Wildman–Crippen MR) is 109 cm³/mol. The lowest BCUT2D eigenvalue weighted by molar-refractivity contribution is -0.122. The summed E-state index contributed by atoms with van der Waals surface area (Å²) in [6, 6.07) is 12.5. The molecule has 29 heavy (non-hydrogen) atoms. The number of hydrogen-bond acceptors (Lipinski definition) is 8. The number of nitrogen functional groups attached to an aromatic ring is 1. The number of anilines is 1. The van der Waals surface area contributed by atoms with Crippen molar-refractivity contribution in [1.82, 2.24) is 20.2 Å². The molecule has 9 nitrogen and oxygen atoms in total. The van der Waals surface area contributed by atoms with Crippen LogP contribution in [0.1, 0.15) is 0 Å². The number of benzene rings is 2. The van der Waals surface area contributed by atoms with Crippen molar-refractivity contribution >= 4 is 35.6 Å². The molecule has 2 aromatic carbocycles. The van der Waals surface area contributed by atoms with Crippen molar-refractivity contribution in [2.75, 3.05) is 5.73 Å². The van der Waals surface area contributed by atoms with Gasteiger partial charge in [0.1, 0.15) is 0 Å². The van der Waals surface area contributed by atoms with Gasteiger partial charge in [-0.2, -0.15) is 10.2 Å². The molecule has 5 N–H and O–H groups in total. The lowest BCUT2D eigenvalue weighted by Crippen LogP contribution is -2.29. The van der Waals surface area contributed by atoms with Crippen LogP contribution >= 0.6 is 0 Å². The second-order valence-corrected chi connectivity index (χ2v) is 5.89. The molecule has 0 radical (unpaired) electrons. The summed E-state index contributed by atoms with van der Waals surface area (Å²) >= 11 is 0. The zero-order valence-electron chi connectivity index (χ0n) is 15.0. The van der Waals surface area contributed by atoms with E-state index in [1.807, 2.05) is 18.2 Å². The van der Waals surface area contributed by atoms with E-state index in [1.165, 1.54) is 6.20 Å². The van der Waals surface area contributed by atoms with Crippen LogP contribution in [0.3, 0.4) is 0 Å². The van der Waals surface area contributed by atoms with Gasteiger partial charge in [-0.3, -0.25) is 4.79 Å². The summed E-state index contributed by atoms with van der Waals surface area (Å²) in [6.07, 6.45) is 4.83. The Labute approximate surface area is 165 Å². The van der Waals surface area contributed by atoms with Crippen LogP contribution in [0.2, 0.25) is 0 Å². The third kappa shape index (κ3) is 4.34. The molecule has 0 aliphatic rings. The van der Waals surface area contributed by atoms with Gasteiger partial charge in [-0.05, 0) is 34.8 Å². The zero-order chi connectivity index (χ0) is 20.8. The summed E-state index contributed by atoms with van der Waals surface area (Å²) in [5.41, 5.74) is 9.86. The highest BCUT2D eigenvalue weighted by Gasteiger charge is 2.17. The molecule has 0 bridgehead atoms. The van der Waals surface area contributed by atoms with E-state index in [-0.39, 0.29) is 6.47 Å². The molecule has 4 rings (SSSR count). The smallest absolute Gasteiger partial charge is 0.483 e. The first-order valence-electron chi connectivity index (χ1n) is 8.41. The number of aromatic nitrogens is 4. The van der Waals surface area contributed by atoms with Gasteiger partial charge < -0.3 is 20.9 Å². The van der Waals surface area contributed by atoms with Gasteiger partial charge in [0.25, 0.3) is 6.47 Å². The molecule has 2 aromatic heterocycles. The molecule has 0 aliphatic heterocycles. The minimum absolute atomic E-state index is 0.250. The van der Waals surface area contributed by atoms with Gasteiger partial charge in [-0.25, -0.2) is 9.97 Å². The van der Waals surface area contributed by atoms with Gasteiger partial charge in [0.2, 0.25) is 0 Å². The third-order valence-corrected chi connectivity index (χ3v) is 4.13. The second kappa shape index (κ2) is 8.87. The van der Waals surface area contributed by atoms with Crippen molar-refractivity contribution in [3.05, 3.63) is 61.1 Å². The molecule has 0 aliphatic carbocycles. The molecule has 0 amide bonds. The fourth-order valence-corrected chi connectivity index (χ4v) is 2.84. The summed E-state index contributed by atoms with van der Waals surface area (Å²) < 4.78 is 0. The lowest BCUT2D eigenvalue weighted by atomic mass is 9.78. The normalized spacial score (nSPS) is 10.1. The van der Waals surface area contributed by atoms with E-state index in [1.54, 1.807) is 36.7 Å². The Balaban J connectivity index is 0.000000755. The van der Waals surface area contributed by atoms with E-state index in [4.69, 9.17) is 15.6 Å². The number of hydrogen-bond donors (Lipinski definition) is 4. The molecular weight excluding hydrogens is 373 g/mol. The first-order chi connectivity index (χ1) is 14.0. The van der Waals surface area contributed by atoms with E-state index in [0.717, 1.165) is 22.1 Å². The lowest BCUT2D eigenvalue weighted by Gasteiger charge is -2.12. The van der Waals surface area contributed by atoms with Crippen LogP contribution in [0.15, 0.2) is 61.1 Å². The Hall–Kier alpha value is -3.89. The average Bonchev–Trinajstić information content (AvgIpc) is 2.74. The molecule has 0 fully saturated rings. The minimum Gasteiger partial charge on any atom is -0.483 e. The molecule has 10 heteroatoms. The molecule has 0 atom stereocenters. The maximum absolute atomic E-state index is 9.55. The first kappa shape index (κ1) is 19.9. The fourth-order valence-electron chi connectivity index (χ4n) is 2.84.